The minimum atomic E-state index is 0.407. The molecule has 6 heteroatoms. The molecule has 1 aromatic carbocycles. The summed E-state index contributed by atoms with van der Waals surface area (Å²) in [5.41, 5.74) is 6.38. The minimum absolute atomic E-state index is 0.407. The van der Waals surface area contributed by atoms with Crippen LogP contribution in [0.25, 0.3) is 10.9 Å². The Morgan fingerprint density at radius 1 is 1.28 bits per heavy atom. The first-order valence-corrected chi connectivity index (χ1v) is 10.5. The third kappa shape index (κ3) is 4.63. The second kappa shape index (κ2) is 9.16. The Balaban J connectivity index is 1.62. The minimum Gasteiger partial charge on any atom is -0.361 e. The number of fused-ring (bicyclic) bond motifs is 1. The van der Waals surface area contributed by atoms with Gasteiger partial charge < -0.3 is 15.2 Å². The zero-order valence-corrected chi connectivity index (χ0v) is 18.6. The Bertz CT molecular complexity index is 979. The average molecular weight is 395 g/mol. The summed E-state index contributed by atoms with van der Waals surface area (Å²) in [4.78, 5) is 10.1. The molecule has 3 aromatic rings. The molecule has 0 spiro atoms. The predicted octanol–water partition coefficient (Wildman–Crippen LogP) is 3.84. The third-order valence-corrected chi connectivity index (χ3v) is 5.41. The fourth-order valence-corrected chi connectivity index (χ4v) is 3.96. The molecule has 2 heterocycles. The lowest BCUT2D eigenvalue weighted by atomic mass is 10.1. The van der Waals surface area contributed by atoms with E-state index in [0.29, 0.717) is 5.92 Å². The van der Waals surface area contributed by atoms with E-state index in [9.17, 15) is 0 Å². The molecule has 29 heavy (non-hydrogen) atoms. The molecule has 0 aliphatic rings. The van der Waals surface area contributed by atoms with Crippen molar-refractivity contribution >= 4 is 16.9 Å². The van der Waals surface area contributed by atoms with Gasteiger partial charge in [0.25, 0.3) is 0 Å². The summed E-state index contributed by atoms with van der Waals surface area (Å²) in [5, 5.41) is 9.45. The van der Waals surface area contributed by atoms with E-state index >= 15 is 0 Å². The van der Waals surface area contributed by atoms with E-state index in [1.165, 1.54) is 27.6 Å². The molecule has 0 radical (unpaired) electrons. The van der Waals surface area contributed by atoms with Crippen molar-refractivity contribution in [2.45, 2.75) is 46.1 Å². The molecule has 0 saturated carbocycles. The molecule has 2 aromatic heterocycles. The molecule has 0 unspecified atom stereocenters. The van der Waals surface area contributed by atoms with Crippen LogP contribution in [0, 0.1) is 0 Å². The van der Waals surface area contributed by atoms with Gasteiger partial charge in [0.2, 0.25) is 0 Å². The van der Waals surface area contributed by atoms with E-state index < -0.39 is 0 Å². The number of hydrogen-bond acceptors (Lipinski definition) is 2. The van der Waals surface area contributed by atoms with Gasteiger partial charge >= 0.3 is 0 Å². The molecule has 0 bridgehead atoms. The highest BCUT2D eigenvalue weighted by molar-refractivity contribution is 5.86. The molecular weight excluding hydrogens is 360 g/mol. The number of para-hydroxylation sites is 1. The molecule has 2 N–H and O–H groups in total. The number of H-pyrrole nitrogens is 1. The van der Waals surface area contributed by atoms with Crippen molar-refractivity contribution in [1.82, 2.24) is 25.0 Å². The Labute approximate surface area is 174 Å². The van der Waals surface area contributed by atoms with Crippen LogP contribution in [0.15, 0.2) is 35.6 Å². The zero-order valence-electron chi connectivity index (χ0n) is 18.6. The van der Waals surface area contributed by atoms with E-state index in [4.69, 9.17) is 0 Å². The Morgan fingerprint density at radius 2 is 2.07 bits per heavy atom. The van der Waals surface area contributed by atoms with Crippen LogP contribution in [0.2, 0.25) is 0 Å². The van der Waals surface area contributed by atoms with Crippen molar-refractivity contribution in [2.24, 2.45) is 12.0 Å². The first-order chi connectivity index (χ1) is 13.9. The standard InChI is InChI=1S/C23H34N6/c1-7-17-9-8-10-20-18(13-26-22(17)20)11-12-25-23(24-4)28(5)14-19-15-29(6)27-21(19)16(2)3/h8-10,13,15-16,26H,7,11-12,14H2,1-6H3,(H,24,25). The number of benzene rings is 1. The lowest BCUT2D eigenvalue weighted by molar-refractivity contribution is 0.474. The van der Waals surface area contributed by atoms with Crippen molar-refractivity contribution in [3.05, 3.63) is 53.0 Å². The summed E-state index contributed by atoms with van der Waals surface area (Å²) in [7, 11) is 5.89. The zero-order chi connectivity index (χ0) is 21.0. The van der Waals surface area contributed by atoms with Crippen molar-refractivity contribution < 1.29 is 0 Å². The molecule has 6 nitrogen and oxygen atoms in total. The SMILES string of the molecule is CCc1cccc2c(CCNC(=NC)N(C)Cc3cn(C)nc3C(C)C)c[nH]c12. The Hall–Kier alpha value is -2.76. The number of aromatic nitrogens is 3. The maximum absolute atomic E-state index is 4.61. The Morgan fingerprint density at radius 3 is 2.76 bits per heavy atom. The van der Waals surface area contributed by atoms with Crippen LogP contribution >= 0.6 is 0 Å². The van der Waals surface area contributed by atoms with Gasteiger partial charge in [-0.2, -0.15) is 5.10 Å². The summed E-state index contributed by atoms with van der Waals surface area (Å²) >= 11 is 0. The van der Waals surface area contributed by atoms with E-state index in [1.54, 1.807) is 0 Å². The van der Waals surface area contributed by atoms with E-state index in [2.05, 4.69) is 83.7 Å². The van der Waals surface area contributed by atoms with Crippen LogP contribution in [-0.2, 0) is 26.4 Å². The first-order valence-electron chi connectivity index (χ1n) is 10.5. The molecule has 3 rings (SSSR count). The van der Waals surface area contributed by atoms with E-state index in [1.807, 2.05) is 18.8 Å². The van der Waals surface area contributed by atoms with Gasteiger partial charge in [0.1, 0.15) is 0 Å². The number of guanidine groups is 1. The van der Waals surface area contributed by atoms with Crippen LogP contribution in [-0.4, -0.2) is 46.3 Å². The second-order valence-corrected chi connectivity index (χ2v) is 7.96. The molecule has 0 fully saturated rings. The van der Waals surface area contributed by atoms with Crippen molar-refractivity contribution in [3.63, 3.8) is 0 Å². The van der Waals surface area contributed by atoms with Gasteiger partial charge in [0.15, 0.2) is 5.96 Å². The van der Waals surface area contributed by atoms with Gasteiger partial charge in [-0.25, -0.2) is 0 Å². The van der Waals surface area contributed by atoms with Gasteiger partial charge in [0, 0.05) is 63.1 Å². The maximum Gasteiger partial charge on any atom is 0.193 e. The second-order valence-electron chi connectivity index (χ2n) is 7.96. The topological polar surface area (TPSA) is 61.2 Å². The number of hydrogen-bond donors (Lipinski definition) is 2. The number of aromatic amines is 1. The predicted molar refractivity (Wildman–Crippen MR) is 122 cm³/mol. The fourth-order valence-electron chi connectivity index (χ4n) is 3.96. The highest BCUT2D eigenvalue weighted by atomic mass is 15.3. The molecule has 0 atom stereocenters. The summed E-state index contributed by atoms with van der Waals surface area (Å²) < 4.78 is 1.90. The summed E-state index contributed by atoms with van der Waals surface area (Å²) in [6.45, 7) is 8.19. The van der Waals surface area contributed by atoms with Crippen LogP contribution in [0.5, 0.6) is 0 Å². The average Bonchev–Trinajstić information content (AvgIpc) is 3.28. The number of aliphatic imine (C=N–C) groups is 1. The summed E-state index contributed by atoms with van der Waals surface area (Å²) in [6.07, 6.45) is 6.24. The Kier molecular flexibility index (Phi) is 6.62. The summed E-state index contributed by atoms with van der Waals surface area (Å²) in [5.74, 6) is 1.31. The maximum atomic E-state index is 4.61. The molecule has 0 saturated heterocycles. The van der Waals surface area contributed by atoms with Gasteiger partial charge in [-0.15, -0.1) is 0 Å². The van der Waals surface area contributed by atoms with Gasteiger partial charge in [-0.1, -0.05) is 39.0 Å². The quantitative estimate of drug-likeness (QED) is 0.473. The number of aryl methyl sites for hydroxylation is 2. The van der Waals surface area contributed by atoms with E-state index in [-0.39, 0.29) is 0 Å². The molecular formula is C23H34N6. The van der Waals surface area contributed by atoms with Crippen LogP contribution in [0.3, 0.4) is 0 Å². The third-order valence-electron chi connectivity index (χ3n) is 5.41. The number of rotatable bonds is 7. The fraction of sp³-hybridized carbons (Fsp3) is 0.478. The summed E-state index contributed by atoms with van der Waals surface area (Å²) in [6, 6.07) is 6.55. The molecule has 0 aliphatic heterocycles. The lowest BCUT2D eigenvalue weighted by Crippen LogP contribution is -2.39. The largest absolute Gasteiger partial charge is 0.361 e. The molecule has 0 aliphatic carbocycles. The van der Waals surface area contributed by atoms with Crippen LogP contribution in [0.4, 0.5) is 0 Å². The normalized spacial score (nSPS) is 12.2. The highest BCUT2D eigenvalue weighted by Crippen LogP contribution is 2.22. The van der Waals surface area contributed by atoms with Crippen molar-refractivity contribution in [3.8, 4) is 0 Å². The highest BCUT2D eigenvalue weighted by Gasteiger charge is 2.15. The number of nitrogens with zero attached hydrogens (tertiary/aromatic N) is 4. The van der Waals surface area contributed by atoms with Gasteiger partial charge in [0.05, 0.1) is 5.69 Å². The van der Waals surface area contributed by atoms with E-state index in [0.717, 1.165) is 37.6 Å². The van der Waals surface area contributed by atoms with Crippen LogP contribution in [0.1, 0.15) is 49.1 Å². The van der Waals surface area contributed by atoms with Gasteiger partial charge in [-0.3, -0.25) is 9.67 Å². The van der Waals surface area contributed by atoms with Gasteiger partial charge in [-0.05, 0) is 29.9 Å². The monoisotopic (exact) mass is 394 g/mol. The lowest BCUT2D eigenvalue weighted by Gasteiger charge is -2.22. The van der Waals surface area contributed by atoms with Crippen molar-refractivity contribution in [1.29, 1.82) is 0 Å². The smallest absolute Gasteiger partial charge is 0.193 e. The first kappa shape index (κ1) is 21.0. The van der Waals surface area contributed by atoms with Crippen molar-refractivity contribution in [2.75, 3.05) is 20.6 Å². The van der Waals surface area contributed by atoms with Crippen LogP contribution < -0.4 is 5.32 Å². The number of nitrogens with one attached hydrogen (secondary N) is 2. The molecule has 156 valence electrons. The molecule has 0 amide bonds.